The van der Waals surface area contributed by atoms with Crippen LogP contribution in [0.15, 0.2) is 36.4 Å². The summed E-state index contributed by atoms with van der Waals surface area (Å²) >= 11 is 0. The van der Waals surface area contributed by atoms with Gasteiger partial charge in [-0.05, 0) is 6.42 Å². The van der Waals surface area contributed by atoms with E-state index in [-0.39, 0.29) is 38.1 Å². The molecule has 0 bridgehead atoms. The lowest BCUT2D eigenvalue weighted by Gasteiger charge is -1.89. The molecule has 8 heteroatoms. The molecule has 0 radical (unpaired) electrons. The SMILES string of the molecule is F.F.F.F.O=C(O)CCCC(=O)O.c1ccccc1. The van der Waals surface area contributed by atoms with Gasteiger partial charge in [-0.2, -0.15) is 0 Å². The van der Waals surface area contributed by atoms with Crippen LogP contribution in [0.1, 0.15) is 19.3 Å². The molecule has 0 aromatic heterocycles. The molecule has 0 aliphatic rings. The van der Waals surface area contributed by atoms with Crippen LogP contribution in [0, 0.1) is 0 Å². The van der Waals surface area contributed by atoms with Crippen molar-refractivity contribution in [3.05, 3.63) is 36.4 Å². The van der Waals surface area contributed by atoms with E-state index in [0.717, 1.165) is 0 Å². The first-order valence-corrected chi connectivity index (χ1v) is 4.56. The van der Waals surface area contributed by atoms with Crippen LogP contribution in [0.3, 0.4) is 0 Å². The van der Waals surface area contributed by atoms with E-state index < -0.39 is 11.9 Å². The third-order valence-electron chi connectivity index (χ3n) is 1.45. The van der Waals surface area contributed by atoms with Crippen LogP contribution in [0.25, 0.3) is 0 Å². The highest BCUT2D eigenvalue weighted by atomic mass is 19.0. The molecule has 0 unspecified atom stereocenters. The minimum Gasteiger partial charge on any atom is -0.481 e. The zero-order chi connectivity index (χ0) is 11.5. The van der Waals surface area contributed by atoms with Gasteiger partial charge < -0.3 is 10.2 Å². The Morgan fingerprint density at radius 2 is 0.842 bits per heavy atom. The Balaban J connectivity index is -0.0000000589. The van der Waals surface area contributed by atoms with Gasteiger partial charge in [0.2, 0.25) is 0 Å². The average Bonchev–Trinajstić information content (AvgIpc) is 2.20. The van der Waals surface area contributed by atoms with Crippen molar-refractivity contribution in [3.63, 3.8) is 0 Å². The number of carbonyl (C=O) groups is 2. The number of rotatable bonds is 4. The second kappa shape index (κ2) is 21.2. The molecule has 0 spiro atoms. The molecule has 0 aliphatic carbocycles. The second-order valence-corrected chi connectivity index (χ2v) is 2.80. The van der Waals surface area contributed by atoms with Gasteiger partial charge in [-0.25, -0.2) is 0 Å². The van der Waals surface area contributed by atoms with Gasteiger partial charge in [0.1, 0.15) is 0 Å². The number of benzene rings is 1. The van der Waals surface area contributed by atoms with E-state index in [1.165, 1.54) is 0 Å². The van der Waals surface area contributed by atoms with Crippen LogP contribution >= 0.6 is 0 Å². The fraction of sp³-hybridized carbons (Fsp3) is 0.273. The first-order valence-electron chi connectivity index (χ1n) is 4.56. The van der Waals surface area contributed by atoms with Crippen LogP contribution < -0.4 is 0 Å². The summed E-state index contributed by atoms with van der Waals surface area (Å²) in [5, 5.41) is 16.1. The number of hydrogen-bond acceptors (Lipinski definition) is 2. The maximum atomic E-state index is 9.79. The fourth-order valence-corrected chi connectivity index (χ4v) is 0.776. The Kier molecular flexibility index (Phi) is 33.6. The van der Waals surface area contributed by atoms with E-state index in [0.29, 0.717) is 0 Å². The van der Waals surface area contributed by atoms with Gasteiger partial charge in [0, 0.05) is 12.8 Å². The monoisotopic (exact) mass is 290 g/mol. The van der Waals surface area contributed by atoms with E-state index in [9.17, 15) is 9.59 Å². The van der Waals surface area contributed by atoms with Crippen molar-refractivity contribution in [2.75, 3.05) is 0 Å². The summed E-state index contributed by atoms with van der Waals surface area (Å²) in [4.78, 5) is 19.6. The molecular formula is C11H18F4O4. The molecule has 19 heavy (non-hydrogen) atoms. The van der Waals surface area contributed by atoms with Crippen LogP contribution in [-0.4, -0.2) is 22.2 Å². The highest BCUT2D eigenvalue weighted by Gasteiger charge is 1.99. The Labute approximate surface area is 107 Å². The molecule has 0 fully saturated rings. The van der Waals surface area contributed by atoms with Gasteiger partial charge in [0.25, 0.3) is 0 Å². The minimum absolute atomic E-state index is 0. The van der Waals surface area contributed by atoms with Crippen molar-refractivity contribution in [1.29, 1.82) is 0 Å². The van der Waals surface area contributed by atoms with Gasteiger partial charge in [-0.3, -0.25) is 28.4 Å². The van der Waals surface area contributed by atoms with E-state index in [1.54, 1.807) is 0 Å². The maximum Gasteiger partial charge on any atom is 0.303 e. The summed E-state index contributed by atoms with van der Waals surface area (Å²) in [6, 6.07) is 12.0. The van der Waals surface area contributed by atoms with Crippen molar-refractivity contribution in [2.45, 2.75) is 19.3 Å². The van der Waals surface area contributed by atoms with Crippen LogP contribution in [0.4, 0.5) is 18.8 Å². The van der Waals surface area contributed by atoms with Crippen molar-refractivity contribution >= 4 is 11.9 Å². The highest BCUT2D eigenvalue weighted by molar-refractivity contribution is 5.69. The van der Waals surface area contributed by atoms with Crippen molar-refractivity contribution in [3.8, 4) is 0 Å². The van der Waals surface area contributed by atoms with Gasteiger partial charge >= 0.3 is 11.9 Å². The number of aliphatic carboxylic acids is 2. The largest absolute Gasteiger partial charge is 0.481 e. The van der Waals surface area contributed by atoms with Crippen LogP contribution in [0.5, 0.6) is 0 Å². The summed E-state index contributed by atoms with van der Waals surface area (Å²) in [7, 11) is 0. The van der Waals surface area contributed by atoms with Gasteiger partial charge in [0.15, 0.2) is 0 Å². The normalized spacial score (nSPS) is 6.74. The van der Waals surface area contributed by atoms with E-state index in [1.807, 2.05) is 36.4 Å². The Hall–Kier alpha value is -2.12. The lowest BCUT2D eigenvalue weighted by molar-refractivity contribution is -0.138. The zero-order valence-corrected chi connectivity index (χ0v) is 9.93. The molecule has 0 amide bonds. The third kappa shape index (κ3) is 31.3. The second-order valence-electron chi connectivity index (χ2n) is 2.80. The number of carboxylic acids is 2. The molecule has 1 aromatic rings. The Bertz CT molecular complexity index is 255. The van der Waals surface area contributed by atoms with Crippen molar-refractivity contribution in [1.82, 2.24) is 0 Å². The van der Waals surface area contributed by atoms with Crippen molar-refractivity contribution in [2.24, 2.45) is 0 Å². The standard InChI is InChI=1S/C6H6.C5H8O4.4FH/c1-2-4-6-5-3-1;6-4(7)2-1-3-5(8)9;;;;/h1-6H;1-3H2,(H,6,7)(H,8,9);4*1H. The van der Waals surface area contributed by atoms with E-state index in [4.69, 9.17) is 10.2 Å². The Morgan fingerprint density at radius 3 is 1.00 bits per heavy atom. The summed E-state index contributed by atoms with van der Waals surface area (Å²) in [6.07, 6.45) is 0.0866. The molecule has 2 N–H and O–H groups in total. The lowest BCUT2D eigenvalue weighted by Crippen LogP contribution is -1.98. The molecule has 114 valence electrons. The fourth-order valence-electron chi connectivity index (χ4n) is 0.776. The predicted octanol–water partition coefficient (Wildman–Crippen LogP) is 2.62. The summed E-state index contributed by atoms with van der Waals surface area (Å²) in [5.74, 6) is -1.90. The lowest BCUT2D eigenvalue weighted by atomic mass is 10.2. The van der Waals surface area contributed by atoms with E-state index in [2.05, 4.69) is 0 Å². The minimum atomic E-state index is -0.948. The molecule has 0 aliphatic heterocycles. The van der Waals surface area contributed by atoms with Crippen molar-refractivity contribution < 1.29 is 38.6 Å². The topological polar surface area (TPSA) is 74.6 Å². The van der Waals surface area contributed by atoms with Gasteiger partial charge in [-0.1, -0.05) is 36.4 Å². The predicted molar refractivity (Wildman–Crippen MR) is 65.6 cm³/mol. The number of hydrogen-bond donors (Lipinski definition) is 2. The summed E-state index contributed by atoms with van der Waals surface area (Å²) in [5.41, 5.74) is 0. The van der Waals surface area contributed by atoms with Crippen LogP contribution in [-0.2, 0) is 9.59 Å². The molecule has 1 aromatic carbocycles. The molecule has 0 heterocycles. The molecule has 0 saturated heterocycles. The van der Waals surface area contributed by atoms with Crippen LogP contribution in [0.2, 0.25) is 0 Å². The average molecular weight is 290 g/mol. The summed E-state index contributed by atoms with van der Waals surface area (Å²) in [6.45, 7) is 0. The zero-order valence-electron chi connectivity index (χ0n) is 9.93. The smallest absolute Gasteiger partial charge is 0.303 e. The van der Waals surface area contributed by atoms with Gasteiger partial charge in [0.05, 0.1) is 0 Å². The maximum absolute atomic E-state index is 9.79. The molecular weight excluding hydrogens is 272 g/mol. The third-order valence-corrected chi connectivity index (χ3v) is 1.45. The first-order chi connectivity index (χ1) is 7.13. The summed E-state index contributed by atoms with van der Waals surface area (Å²) < 4.78 is 0. The van der Waals surface area contributed by atoms with Gasteiger partial charge in [-0.15, -0.1) is 0 Å². The quantitative estimate of drug-likeness (QED) is 0.836. The molecule has 1 rings (SSSR count). The van der Waals surface area contributed by atoms with E-state index >= 15 is 0 Å². The first kappa shape index (κ1) is 30.2. The molecule has 0 saturated carbocycles. The number of carboxylic acid groups (broad SMARTS) is 2. The molecule has 4 nitrogen and oxygen atoms in total. The number of halogens is 4. The highest BCUT2D eigenvalue weighted by Crippen LogP contribution is 1.93. The Morgan fingerprint density at radius 1 is 0.632 bits per heavy atom. The molecule has 0 atom stereocenters.